The van der Waals surface area contributed by atoms with Crippen molar-refractivity contribution in [3.8, 4) is 0 Å². The van der Waals surface area contributed by atoms with Gasteiger partial charge in [-0.1, -0.05) is 12.1 Å². The predicted molar refractivity (Wildman–Crippen MR) is 111 cm³/mol. The summed E-state index contributed by atoms with van der Waals surface area (Å²) in [4.78, 5) is 3.42. The molecule has 1 atom stereocenters. The molecule has 1 aliphatic rings. The summed E-state index contributed by atoms with van der Waals surface area (Å²) in [5.74, 6) is -0.446. The van der Waals surface area contributed by atoms with E-state index < -0.39 is 15.8 Å². The number of anilines is 1. The zero-order valence-corrected chi connectivity index (χ0v) is 17.9. The molecule has 0 aliphatic carbocycles. The van der Waals surface area contributed by atoms with E-state index in [1.165, 1.54) is 23.1 Å². The van der Waals surface area contributed by atoms with Crippen LogP contribution in [0.2, 0.25) is 0 Å². The molecule has 158 valence electrons. The van der Waals surface area contributed by atoms with Crippen molar-refractivity contribution in [1.82, 2.24) is 4.72 Å². The highest BCUT2D eigenvalue weighted by Crippen LogP contribution is 2.19. The zero-order chi connectivity index (χ0) is 21.0. The lowest BCUT2D eigenvalue weighted by Crippen LogP contribution is -3.15. The zero-order valence-electron chi connectivity index (χ0n) is 17.1. The number of halogens is 1. The Morgan fingerprint density at radius 2 is 1.79 bits per heavy atom. The third kappa shape index (κ3) is 5.33. The second-order valence-electron chi connectivity index (χ2n) is 7.57. The number of nitrogens with one attached hydrogen (secondary N) is 2. The topological polar surface area (TPSA) is 63.1 Å². The number of nitrogens with zero attached hydrogens (tertiary/aromatic N) is 1. The van der Waals surface area contributed by atoms with Crippen molar-refractivity contribution in [2.75, 3.05) is 51.8 Å². The Morgan fingerprint density at radius 3 is 2.38 bits per heavy atom. The van der Waals surface area contributed by atoms with Crippen molar-refractivity contribution >= 4 is 15.7 Å². The summed E-state index contributed by atoms with van der Waals surface area (Å²) >= 11 is 0. The molecule has 0 saturated carbocycles. The molecule has 1 saturated heterocycles. The lowest BCUT2D eigenvalue weighted by Gasteiger charge is -2.32. The number of hydrogen-bond donors (Lipinski definition) is 2. The first-order valence-corrected chi connectivity index (χ1v) is 11.2. The fraction of sp³-hybridized carbons (Fsp3) is 0.429. The summed E-state index contributed by atoms with van der Waals surface area (Å²) in [6, 6.07) is 11.9. The number of morpholine rings is 1. The van der Waals surface area contributed by atoms with Crippen LogP contribution in [0, 0.1) is 12.7 Å². The van der Waals surface area contributed by atoms with Crippen LogP contribution in [0.25, 0.3) is 0 Å². The van der Waals surface area contributed by atoms with Crippen molar-refractivity contribution in [1.29, 1.82) is 0 Å². The Hall–Kier alpha value is -2.00. The average molecular weight is 423 g/mol. The molecule has 1 heterocycles. The second kappa shape index (κ2) is 9.21. The fourth-order valence-corrected chi connectivity index (χ4v) is 4.94. The Kier molecular flexibility index (Phi) is 6.89. The van der Waals surface area contributed by atoms with Crippen LogP contribution in [-0.4, -0.2) is 55.4 Å². The molecule has 6 nitrogen and oxygen atoms in total. The number of quaternary nitrogens is 1. The summed E-state index contributed by atoms with van der Waals surface area (Å²) in [6.45, 7) is 4.81. The van der Waals surface area contributed by atoms with Crippen LogP contribution in [-0.2, 0) is 14.8 Å². The number of rotatable bonds is 7. The monoisotopic (exact) mass is 422 g/mol. The van der Waals surface area contributed by atoms with Crippen molar-refractivity contribution in [2.24, 2.45) is 0 Å². The molecule has 0 radical (unpaired) electrons. The first-order chi connectivity index (χ1) is 13.8. The molecule has 0 aromatic heterocycles. The molecule has 2 aromatic rings. The van der Waals surface area contributed by atoms with Gasteiger partial charge >= 0.3 is 0 Å². The van der Waals surface area contributed by atoms with E-state index in [4.69, 9.17) is 4.74 Å². The van der Waals surface area contributed by atoms with Gasteiger partial charge < -0.3 is 14.5 Å². The van der Waals surface area contributed by atoms with E-state index in [9.17, 15) is 12.8 Å². The minimum atomic E-state index is -3.74. The SMILES string of the molecule is Cc1cc(F)ccc1S(=O)(=O)NC[C@H](c1ccc(N(C)C)cc1)[NH+]1CCOCC1. The highest BCUT2D eigenvalue weighted by Gasteiger charge is 2.29. The molecule has 0 bridgehead atoms. The Bertz CT molecular complexity index is 927. The van der Waals surface area contributed by atoms with Gasteiger partial charge in [0.15, 0.2) is 0 Å². The molecule has 2 N–H and O–H groups in total. The fourth-order valence-electron chi connectivity index (χ4n) is 3.67. The van der Waals surface area contributed by atoms with Gasteiger partial charge in [-0.15, -0.1) is 0 Å². The summed E-state index contributed by atoms with van der Waals surface area (Å²) in [7, 11) is 0.229. The van der Waals surface area contributed by atoms with Crippen molar-refractivity contribution in [3.63, 3.8) is 0 Å². The third-order valence-corrected chi connectivity index (χ3v) is 6.93. The van der Waals surface area contributed by atoms with Gasteiger partial charge in [-0.3, -0.25) is 0 Å². The van der Waals surface area contributed by atoms with Crippen LogP contribution < -0.4 is 14.5 Å². The van der Waals surface area contributed by atoms with Gasteiger partial charge in [-0.05, 0) is 42.8 Å². The van der Waals surface area contributed by atoms with Gasteiger partial charge in [0.1, 0.15) is 24.9 Å². The predicted octanol–water partition coefficient (Wildman–Crippen LogP) is 1.13. The quantitative estimate of drug-likeness (QED) is 0.702. The Labute approximate surface area is 172 Å². The van der Waals surface area contributed by atoms with Crippen LogP contribution in [0.15, 0.2) is 47.4 Å². The molecule has 1 aliphatic heterocycles. The van der Waals surface area contributed by atoms with Gasteiger partial charge in [0.25, 0.3) is 0 Å². The Balaban J connectivity index is 1.82. The van der Waals surface area contributed by atoms with Gasteiger partial charge in [-0.2, -0.15) is 0 Å². The minimum Gasteiger partial charge on any atom is -0.378 e. The maximum absolute atomic E-state index is 13.4. The maximum atomic E-state index is 13.4. The van der Waals surface area contributed by atoms with Gasteiger partial charge in [-0.25, -0.2) is 17.5 Å². The molecular weight excluding hydrogens is 393 g/mol. The highest BCUT2D eigenvalue weighted by atomic mass is 32.2. The van der Waals surface area contributed by atoms with Gasteiger partial charge in [0.2, 0.25) is 10.0 Å². The molecule has 3 rings (SSSR count). The van der Waals surface area contributed by atoms with E-state index in [1.54, 1.807) is 6.92 Å². The lowest BCUT2D eigenvalue weighted by atomic mass is 10.0. The van der Waals surface area contributed by atoms with E-state index in [2.05, 4.69) is 16.9 Å². The van der Waals surface area contributed by atoms with Gasteiger partial charge in [0, 0.05) is 25.3 Å². The van der Waals surface area contributed by atoms with Crippen LogP contribution in [0.1, 0.15) is 17.2 Å². The highest BCUT2D eigenvalue weighted by molar-refractivity contribution is 7.89. The third-order valence-electron chi connectivity index (χ3n) is 5.34. The molecule has 29 heavy (non-hydrogen) atoms. The largest absolute Gasteiger partial charge is 0.378 e. The molecular formula is C21H29FN3O3S+. The molecule has 0 unspecified atom stereocenters. The number of benzene rings is 2. The first kappa shape index (κ1) is 21.7. The first-order valence-electron chi connectivity index (χ1n) is 9.73. The van der Waals surface area contributed by atoms with Crippen molar-refractivity contribution in [3.05, 3.63) is 59.4 Å². The average Bonchev–Trinajstić information content (AvgIpc) is 2.69. The van der Waals surface area contributed by atoms with Crippen LogP contribution in [0.5, 0.6) is 0 Å². The summed E-state index contributed by atoms with van der Waals surface area (Å²) in [5, 5.41) is 0. The minimum absolute atomic E-state index is 0.0364. The number of aryl methyl sites for hydroxylation is 1. The standard InChI is InChI=1S/C21H28FN3O3S/c1-16-14-18(22)6-9-21(16)29(26,27)23-15-20(25-10-12-28-13-11-25)17-4-7-19(8-5-17)24(2)3/h4-9,14,20,23H,10-13,15H2,1-3H3/p+1/t20-/m1/s1. The van der Waals surface area contributed by atoms with E-state index in [0.717, 1.165) is 24.3 Å². The molecule has 0 amide bonds. The second-order valence-corrected chi connectivity index (χ2v) is 9.31. The number of sulfonamides is 1. The molecule has 1 fully saturated rings. The maximum Gasteiger partial charge on any atom is 0.241 e. The Morgan fingerprint density at radius 1 is 1.14 bits per heavy atom. The number of hydrogen-bond acceptors (Lipinski definition) is 4. The van der Waals surface area contributed by atoms with Crippen molar-refractivity contribution in [2.45, 2.75) is 17.9 Å². The normalized spacial score (nSPS) is 16.6. The van der Waals surface area contributed by atoms with E-state index in [-0.39, 0.29) is 17.5 Å². The summed E-state index contributed by atoms with van der Waals surface area (Å²) < 4.78 is 47.3. The lowest BCUT2D eigenvalue weighted by molar-refractivity contribution is -0.937. The van der Waals surface area contributed by atoms with E-state index >= 15 is 0 Å². The van der Waals surface area contributed by atoms with Crippen LogP contribution in [0.4, 0.5) is 10.1 Å². The summed E-state index contributed by atoms with van der Waals surface area (Å²) in [6.07, 6.45) is 0. The van der Waals surface area contributed by atoms with E-state index in [0.29, 0.717) is 18.8 Å². The molecule has 0 spiro atoms. The molecule has 2 aromatic carbocycles. The summed E-state index contributed by atoms with van der Waals surface area (Å²) in [5.41, 5.74) is 2.56. The molecule has 8 heteroatoms. The number of ether oxygens (including phenoxy) is 1. The van der Waals surface area contributed by atoms with Crippen molar-refractivity contribution < 1.29 is 22.4 Å². The van der Waals surface area contributed by atoms with Crippen LogP contribution in [0.3, 0.4) is 0 Å². The van der Waals surface area contributed by atoms with Crippen LogP contribution >= 0.6 is 0 Å². The van der Waals surface area contributed by atoms with Gasteiger partial charge in [0.05, 0.1) is 24.7 Å². The van der Waals surface area contributed by atoms with E-state index in [1.807, 2.05) is 31.1 Å². The smallest absolute Gasteiger partial charge is 0.241 e.